The minimum atomic E-state index is 0.108. The van der Waals surface area contributed by atoms with Gasteiger partial charge in [-0.15, -0.1) is 0 Å². The molecule has 2 rings (SSSR count). The Balaban J connectivity index is 1.79. The SMILES string of the molecule is CCn1nccc1CNCC1(OC)CCC1. The molecule has 1 N–H and O–H groups in total. The summed E-state index contributed by atoms with van der Waals surface area (Å²) in [4.78, 5) is 0. The predicted octanol–water partition coefficient (Wildman–Crippen LogP) is 1.56. The molecule has 0 saturated heterocycles. The maximum Gasteiger partial charge on any atom is 0.0802 e. The smallest absolute Gasteiger partial charge is 0.0802 e. The molecule has 1 aromatic rings. The van der Waals surface area contributed by atoms with Crippen molar-refractivity contribution < 1.29 is 4.74 Å². The van der Waals surface area contributed by atoms with Crippen molar-refractivity contribution >= 4 is 0 Å². The molecule has 0 radical (unpaired) electrons. The summed E-state index contributed by atoms with van der Waals surface area (Å²) in [6.45, 7) is 4.86. The minimum Gasteiger partial charge on any atom is -0.377 e. The monoisotopic (exact) mass is 223 g/mol. The van der Waals surface area contributed by atoms with E-state index in [0.717, 1.165) is 19.6 Å². The van der Waals surface area contributed by atoms with Crippen molar-refractivity contribution in [2.45, 2.75) is 44.9 Å². The van der Waals surface area contributed by atoms with Gasteiger partial charge in [0.2, 0.25) is 0 Å². The van der Waals surface area contributed by atoms with Crippen molar-refractivity contribution in [2.75, 3.05) is 13.7 Å². The van der Waals surface area contributed by atoms with Gasteiger partial charge in [0.05, 0.1) is 11.3 Å². The summed E-state index contributed by atoms with van der Waals surface area (Å²) in [5.74, 6) is 0. The Morgan fingerprint density at radius 3 is 2.94 bits per heavy atom. The van der Waals surface area contributed by atoms with Gasteiger partial charge in [0.1, 0.15) is 0 Å². The Bertz CT molecular complexity index is 325. The second-order valence-electron chi connectivity index (χ2n) is 4.48. The molecule has 1 heterocycles. The van der Waals surface area contributed by atoms with E-state index in [1.165, 1.54) is 25.0 Å². The van der Waals surface area contributed by atoms with Crippen LogP contribution in [-0.2, 0) is 17.8 Å². The lowest BCUT2D eigenvalue weighted by Crippen LogP contribution is -2.47. The van der Waals surface area contributed by atoms with E-state index in [-0.39, 0.29) is 5.60 Å². The molecule has 4 nitrogen and oxygen atoms in total. The van der Waals surface area contributed by atoms with Crippen LogP contribution in [0.1, 0.15) is 31.9 Å². The van der Waals surface area contributed by atoms with E-state index in [9.17, 15) is 0 Å². The molecule has 1 fully saturated rings. The molecule has 0 aromatic carbocycles. The molecule has 1 saturated carbocycles. The van der Waals surface area contributed by atoms with Gasteiger partial charge in [0.15, 0.2) is 0 Å². The molecule has 0 spiro atoms. The summed E-state index contributed by atoms with van der Waals surface area (Å²) in [7, 11) is 1.82. The first-order valence-corrected chi connectivity index (χ1v) is 6.06. The summed E-state index contributed by atoms with van der Waals surface area (Å²) in [5.41, 5.74) is 1.35. The van der Waals surface area contributed by atoms with Crippen LogP contribution in [0.4, 0.5) is 0 Å². The second kappa shape index (κ2) is 4.97. The highest BCUT2D eigenvalue weighted by atomic mass is 16.5. The molecule has 90 valence electrons. The minimum absolute atomic E-state index is 0.108. The Labute approximate surface area is 97.0 Å². The zero-order chi connectivity index (χ0) is 11.4. The average Bonchev–Trinajstić information content (AvgIpc) is 2.69. The lowest BCUT2D eigenvalue weighted by Gasteiger charge is -2.40. The molecule has 0 amide bonds. The summed E-state index contributed by atoms with van der Waals surface area (Å²) >= 11 is 0. The van der Waals surface area contributed by atoms with Crippen LogP contribution in [0.2, 0.25) is 0 Å². The van der Waals surface area contributed by atoms with E-state index in [2.05, 4.69) is 23.4 Å². The maximum atomic E-state index is 5.56. The number of nitrogens with zero attached hydrogens (tertiary/aromatic N) is 2. The first-order valence-electron chi connectivity index (χ1n) is 6.06. The summed E-state index contributed by atoms with van der Waals surface area (Å²) < 4.78 is 7.59. The number of nitrogens with one attached hydrogen (secondary N) is 1. The molecule has 0 bridgehead atoms. The molecular weight excluding hydrogens is 202 g/mol. The summed E-state index contributed by atoms with van der Waals surface area (Å²) in [6, 6.07) is 2.07. The first-order chi connectivity index (χ1) is 7.79. The van der Waals surface area contributed by atoms with Gasteiger partial charge in [-0.25, -0.2) is 0 Å². The lowest BCUT2D eigenvalue weighted by atomic mass is 9.80. The molecule has 1 aliphatic carbocycles. The quantitative estimate of drug-likeness (QED) is 0.795. The van der Waals surface area contributed by atoms with Gasteiger partial charge < -0.3 is 10.1 Å². The lowest BCUT2D eigenvalue weighted by molar-refractivity contribution is -0.0696. The van der Waals surface area contributed by atoms with Crippen LogP contribution in [0.25, 0.3) is 0 Å². The zero-order valence-corrected chi connectivity index (χ0v) is 10.2. The normalized spacial score (nSPS) is 18.4. The number of ether oxygens (including phenoxy) is 1. The van der Waals surface area contributed by atoms with Crippen LogP contribution in [0.3, 0.4) is 0 Å². The number of aryl methyl sites for hydroxylation is 1. The van der Waals surface area contributed by atoms with Crippen LogP contribution < -0.4 is 5.32 Å². The predicted molar refractivity (Wildman–Crippen MR) is 63.2 cm³/mol. The fourth-order valence-corrected chi connectivity index (χ4v) is 2.24. The number of hydrogen-bond donors (Lipinski definition) is 1. The first kappa shape index (κ1) is 11.6. The molecule has 4 heteroatoms. The van der Waals surface area contributed by atoms with E-state index < -0.39 is 0 Å². The Kier molecular flexibility index (Phi) is 3.61. The fourth-order valence-electron chi connectivity index (χ4n) is 2.24. The van der Waals surface area contributed by atoms with Crippen molar-refractivity contribution in [2.24, 2.45) is 0 Å². The number of hydrogen-bond acceptors (Lipinski definition) is 3. The van der Waals surface area contributed by atoms with Crippen molar-refractivity contribution in [3.05, 3.63) is 18.0 Å². The largest absolute Gasteiger partial charge is 0.377 e. The van der Waals surface area contributed by atoms with Gasteiger partial charge in [-0.05, 0) is 32.3 Å². The third-order valence-electron chi connectivity index (χ3n) is 3.56. The standard InChI is InChI=1S/C12H21N3O/c1-3-15-11(5-8-14-15)9-13-10-12(16-2)6-4-7-12/h5,8,13H,3-4,6-7,9-10H2,1-2H3. The summed E-state index contributed by atoms with van der Waals surface area (Å²) in [6.07, 6.45) is 5.52. The zero-order valence-electron chi connectivity index (χ0n) is 10.2. The molecule has 1 aliphatic rings. The van der Waals surface area contributed by atoms with Crippen LogP contribution in [0.15, 0.2) is 12.3 Å². The molecule has 1 aromatic heterocycles. The number of aromatic nitrogens is 2. The molecule has 0 unspecified atom stereocenters. The van der Waals surface area contributed by atoms with Gasteiger partial charge in [-0.3, -0.25) is 4.68 Å². The van der Waals surface area contributed by atoms with E-state index in [1.54, 1.807) is 0 Å². The van der Waals surface area contributed by atoms with Crippen LogP contribution in [0, 0.1) is 0 Å². The van der Waals surface area contributed by atoms with Crippen molar-refractivity contribution in [3.8, 4) is 0 Å². The van der Waals surface area contributed by atoms with Gasteiger partial charge in [-0.1, -0.05) is 0 Å². The topological polar surface area (TPSA) is 39.1 Å². The Morgan fingerprint density at radius 2 is 2.38 bits per heavy atom. The van der Waals surface area contributed by atoms with Crippen LogP contribution in [0.5, 0.6) is 0 Å². The highest BCUT2D eigenvalue weighted by Crippen LogP contribution is 2.34. The fraction of sp³-hybridized carbons (Fsp3) is 0.750. The maximum absolute atomic E-state index is 5.56. The number of rotatable bonds is 6. The Hall–Kier alpha value is -0.870. The Morgan fingerprint density at radius 1 is 1.56 bits per heavy atom. The van der Waals surface area contributed by atoms with Crippen LogP contribution in [-0.4, -0.2) is 29.0 Å². The molecular formula is C12H21N3O. The molecule has 0 aliphatic heterocycles. The van der Waals surface area contributed by atoms with Crippen molar-refractivity contribution in [3.63, 3.8) is 0 Å². The van der Waals surface area contributed by atoms with Gasteiger partial charge in [0.25, 0.3) is 0 Å². The van der Waals surface area contributed by atoms with E-state index in [4.69, 9.17) is 4.74 Å². The van der Waals surface area contributed by atoms with E-state index >= 15 is 0 Å². The van der Waals surface area contributed by atoms with Gasteiger partial charge in [-0.2, -0.15) is 5.10 Å². The number of methoxy groups -OCH3 is 1. The molecule has 16 heavy (non-hydrogen) atoms. The van der Waals surface area contributed by atoms with E-state index in [1.807, 2.05) is 18.0 Å². The van der Waals surface area contributed by atoms with E-state index in [0.29, 0.717) is 0 Å². The van der Waals surface area contributed by atoms with Gasteiger partial charge in [0, 0.05) is 32.9 Å². The third kappa shape index (κ3) is 2.28. The average molecular weight is 223 g/mol. The second-order valence-corrected chi connectivity index (χ2v) is 4.48. The highest BCUT2D eigenvalue weighted by molar-refractivity contribution is 5.01. The van der Waals surface area contributed by atoms with Crippen molar-refractivity contribution in [1.29, 1.82) is 0 Å². The highest BCUT2D eigenvalue weighted by Gasteiger charge is 2.36. The van der Waals surface area contributed by atoms with Gasteiger partial charge >= 0.3 is 0 Å². The molecule has 0 atom stereocenters. The summed E-state index contributed by atoms with van der Waals surface area (Å²) in [5, 5.41) is 7.72. The third-order valence-corrected chi connectivity index (χ3v) is 3.56. The van der Waals surface area contributed by atoms with Crippen LogP contribution >= 0.6 is 0 Å². The van der Waals surface area contributed by atoms with Crippen molar-refractivity contribution in [1.82, 2.24) is 15.1 Å².